The van der Waals surface area contributed by atoms with E-state index in [2.05, 4.69) is 54.5 Å². The molecule has 0 spiro atoms. The van der Waals surface area contributed by atoms with Gasteiger partial charge in [-0.1, -0.05) is 6.07 Å². The largest absolute Gasteiger partial charge is 0.377 e. The van der Waals surface area contributed by atoms with Crippen molar-refractivity contribution in [3.8, 4) is 0 Å². The van der Waals surface area contributed by atoms with Gasteiger partial charge in [0, 0.05) is 11.9 Å². The van der Waals surface area contributed by atoms with Crippen LogP contribution < -0.4 is 5.32 Å². The zero-order valence-electron chi connectivity index (χ0n) is 9.91. The normalized spacial score (nSPS) is 12.4. The smallest absolute Gasteiger partial charge is 0.0651 e. The Bertz CT molecular complexity index is 440. The van der Waals surface area contributed by atoms with Gasteiger partial charge in [0.2, 0.25) is 0 Å². The van der Waals surface area contributed by atoms with Crippen molar-refractivity contribution in [3.63, 3.8) is 0 Å². The van der Waals surface area contributed by atoms with Crippen LogP contribution in [0.2, 0.25) is 0 Å². The molecule has 1 heterocycles. The van der Waals surface area contributed by atoms with Gasteiger partial charge in [0.1, 0.15) is 0 Å². The summed E-state index contributed by atoms with van der Waals surface area (Å²) in [6.45, 7) is 6.34. The van der Waals surface area contributed by atoms with E-state index in [9.17, 15) is 0 Å². The second-order valence-corrected chi connectivity index (χ2v) is 4.25. The molecule has 2 N–H and O–H groups in total. The monoisotopic (exact) mass is 215 g/mol. The van der Waals surface area contributed by atoms with E-state index < -0.39 is 0 Å². The van der Waals surface area contributed by atoms with Crippen LogP contribution in [0.25, 0.3) is 0 Å². The molecule has 0 amide bonds. The lowest BCUT2D eigenvalue weighted by molar-refractivity contribution is 0.825. The number of aryl methyl sites for hydroxylation is 2. The maximum Gasteiger partial charge on any atom is 0.0651 e. The minimum Gasteiger partial charge on any atom is -0.377 e. The first-order valence-electron chi connectivity index (χ1n) is 5.49. The van der Waals surface area contributed by atoms with E-state index in [0.29, 0.717) is 0 Å². The topological polar surface area (TPSA) is 40.7 Å². The van der Waals surface area contributed by atoms with Gasteiger partial charge in [-0.2, -0.15) is 5.10 Å². The molecule has 0 saturated heterocycles. The molecule has 2 rings (SSSR count). The lowest BCUT2D eigenvalue weighted by Gasteiger charge is -2.14. The van der Waals surface area contributed by atoms with E-state index in [-0.39, 0.29) is 6.04 Å². The molecule has 0 radical (unpaired) electrons. The Labute approximate surface area is 95.9 Å². The van der Waals surface area contributed by atoms with Crippen molar-refractivity contribution in [1.29, 1.82) is 0 Å². The minimum absolute atomic E-state index is 0.240. The van der Waals surface area contributed by atoms with Gasteiger partial charge >= 0.3 is 0 Å². The van der Waals surface area contributed by atoms with E-state index in [4.69, 9.17) is 0 Å². The molecule has 0 fully saturated rings. The van der Waals surface area contributed by atoms with E-state index in [1.165, 1.54) is 11.1 Å². The molecule has 1 aromatic carbocycles. The van der Waals surface area contributed by atoms with Crippen molar-refractivity contribution in [2.75, 3.05) is 5.32 Å². The van der Waals surface area contributed by atoms with Gasteiger partial charge in [0.25, 0.3) is 0 Å². The standard InChI is InChI=1S/C13H17N3/c1-9-6-10(2)8-12(7-9)15-11(3)13-4-5-14-16-13/h4-8,11,15H,1-3H3,(H,14,16). The zero-order valence-corrected chi connectivity index (χ0v) is 9.91. The molecular weight excluding hydrogens is 198 g/mol. The number of rotatable bonds is 3. The maximum absolute atomic E-state index is 3.95. The van der Waals surface area contributed by atoms with Crippen LogP contribution in [0, 0.1) is 13.8 Å². The molecule has 1 aromatic heterocycles. The molecule has 1 unspecified atom stereocenters. The summed E-state index contributed by atoms with van der Waals surface area (Å²) in [7, 11) is 0. The Morgan fingerprint density at radius 2 is 1.88 bits per heavy atom. The fourth-order valence-electron chi connectivity index (χ4n) is 1.89. The highest BCUT2D eigenvalue weighted by atomic mass is 15.1. The van der Waals surface area contributed by atoms with Gasteiger partial charge < -0.3 is 5.32 Å². The van der Waals surface area contributed by atoms with E-state index in [0.717, 1.165) is 11.4 Å². The van der Waals surface area contributed by atoms with Crippen molar-refractivity contribution < 1.29 is 0 Å². The molecule has 1 atom stereocenters. The van der Waals surface area contributed by atoms with Crippen molar-refractivity contribution in [3.05, 3.63) is 47.3 Å². The summed E-state index contributed by atoms with van der Waals surface area (Å²) in [6, 6.07) is 8.70. The number of aromatic amines is 1. The first-order chi connectivity index (χ1) is 7.65. The summed E-state index contributed by atoms with van der Waals surface area (Å²) < 4.78 is 0. The Hall–Kier alpha value is -1.77. The highest BCUT2D eigenvalue weighted by molar-refractivity contribution is 5.49. The molecule has 84 valence electrons. The fourth-order valence-corrected chi connectivity index (χ4v) is 1.89. The first kappa shape index (κ1) is 10.7. The number of benzene rings is 1. The van der Waals surface area contributed by atoms with Gasteiger partial charge in [0.15, 0.2) is 0 Å². The van der Waals surface area contributed by atoms with Crippen molar-refractivity contribution in [1.82, 2.24) is 10.2 Å². The maximum atomic E-state index is 3.95. The highest BCUT2D eigenvalue weighted by Crippen LogP contribution is 2.19. The predicted octanol–water partition coefficient (Wildman–Crippen LogP) is 3.20. The quantitative estimate of drug-likeness (QED) is 0.825. The molecule has 3 nitrogen and oxygen atoms in total. The van der Waals surface area contributed by atoms with Crippen LogP contribution in [-0.2, 0) is 0 Å². The summed E-state index contributed by atoms with van der Waals surface area (Å²) >= 11 is 0. The number of H-pyrrole nitrogens is 1. The first-order valence-corrected chi connectivity index (χ1v) is 5.49. The molecule has 0 bridgehead atoms. The lowest BCUT2D eigenvalue weighted by Crippen LogP contribution is -2.07. The van der Waals surface area contributed by atoms with E-state index in [1.54, 1.807) is 6.20 Å². The van der Waals surface area contributed by atoms with Gasteiger partial charge in [-0.15, -0.1) is 0 Å². The van der Waals surface area contributed by atoms with Crippen LogP contribution in [0.1, 0.15) is 29.8 Å². The molecule has 0 aliphatic carbocycles. The van der Waals surface area contributed by atoms with Gasteiger partial charge in [-0.05, 0) is 50.1 Å². The van der Waals surface area contributed by atoms with Crippen LogP contribution in [0.5, 0.6) is 0 Å². The summed E-state index contributed by atoms with van der Waals surface area (Å²) in [4.78, 5) is 0. The predicted molar refractivity (Wildman–Crippen MR) is 66.5 cm³/mol. The molecule has 0 saturated carbocycles. The average molecular weight is 215 g/mol. The minimum atomic E-state index is 0.240. The Morgan fingerprint density at radius 1 is 1.19 bits per heavy atom. The fraction of sp³-hybridized carbons (Fsp3) is 0.308. The van der Waals surface area contributed by atoms with Gasteiger partial charge in [-0.3, -0.25) is 5.10 Å². The van der Waals surface area contributed by atoms with Crippen molar-refractivity contribution in [2.45, 2.75) is 26.8 Å². The SMILES string of the molecule is Cc1cc(C)cc(NC(C)c2ccn[nH]2)c1. The van der Waals surface area contributed by atoms with Crippen molar-refractivity contribution >= 4 is 5.69 Å². The molecule has 0 aliphatic heterocycles. The third-order valence-corrected chi connectivity index (χ3v) is 2.59. The Morgan fingerprint density at radius 3 is 2.44 bits per heavy atom. The molecular formula is C13H17N3. The van der Waals surface area contributed by atoms with Gasteiger partial charge in [0.05, 0.1) is 11.7 Å². The third kappa shape index (κ3) is 2.42. The summed E-state index contributed by atoms with van der Waals surface area (Å²) in [6.07, 6.45) is 1.77. The van der Waals surface area contributed by atoms with Crippen LogP contribution in [-0.4, -0.2) is 10.2 Å². The lowest BCUT2D eigenvalue weighted by atomic mass is 10.1. The molecule has 3 heteroatoms. The summed E-state index contributed by atoms with van der Waals surface area (Å²) in [5.74, 6) is 0. The Kier molecular flexibility index (Phi) is 2.95. The number of aromatic nitrogens is 2. The number of nitrogens with zero attached hydrogens (tertiary/aromatic N) is 1. The molecule has 2 aromatic rings. The summed E-state index contributed by atoms with van der Waals surface area (Å²) in [5, 5.41) is 10.4. The number of anilines is 1. The van der Waals surface area contributed by atoms with Crippen LogP contribution >= 0.6 is 0 Å². The van der Waals surface area contributed by atoms with Crippen LogP contribution in [0.4, 0.5) is 5.69 Å². The number of hydrogen-bond donors (Lipinski definition) is 2. The second-order valence-electron chi connectivity index (χ2n) is 4.25. The van der Waals surface area contributed by atoms with Gasteiger partial charge in [-0.25, -0.2) is 0 Å². The number of hydrogen-bond acceptors (Lipinski definition) is 2. The average Bonchev–Trinajstić information content (AvgIpc) is 2.68. The van der Waals surface area contributed by atoms with E-state index >= 15 is 0 Å². The Balaban J connectivity index is 2.15. The van der Waals surface area contributed by atoms with Crippen LogP contribution in [0.15, 0.2) is 30.5 Å². The van der Waals surface area contributed by atoms with Crippen LogP contribution in [0.3, 0.4) is 0 Å². The molecule has 16 heavy (non-hydrogen) atoms. The number of nitrogens with one attached hydrogen (secondary N) is 2. The highest BCUT2D eigenvalue weighted by Gasteiger charge is 2.06. The van der Waals surface area contributed by atoms with E-state index in [1.807, 2.05) is 6.07 Å². The summed E-state index contributed by atoms with van der Waals surface area (Å²) in [5.41, 5.74) is 4.80. The van der Waals surface area contributed by atoms with Crippen molar-refractivity contribution in [2.24, 2.45) is 0 Å². The zero-order chi connectivity index (χ0) is 11.5. The third-order valence-electron chi connectivity index (χ3n) is 2.59. The second kappa shape index (κ2) is 4.39. The molecule has 0 aliphatic rings.